The van der Waals surface area contributed by atoms with Crippen molar-refractivity contribution in [2.45, 2.75) is 32.9 Å². The van der Waals surface area contributed by atoms with E-state index in [1.54, 1.807) is 12.1 Å². The zero-order valence-electron chi connectivity index (χ0n) is 17.5. The largest absolute Gasteiger partial charge is 0.350 e. The van der Waals surface area contributed by atoms with Crippen LogP contribution in [0.5, 0.6) is 0 Å². The van der Waals surface area contributed by atoms with Crippen molar-refractivity contribution in [1.82, 2.24) is 9.55 Å². The fourth-order valence-electron chi connectivity index (χ4n) is 4.70. The maximum absolute atomic E-state index is 13.8. The van der Waals surface area contributed by atoms with E-state index in [1.165, 1.54) is 17.2 Å². The summed E-state index contributed by atoms with van der Waals surface area (Å²) >= 11 is 0. The summed E-state index contributed by atoms with van der Waals surface area (Å²) in [5.41, 5.74) is 6.69. The fraction of sp³-hybridized carbons (Fsp3) is 0.231. The number of rotatable bonds is 4. The third kappa shape index (κ3) is 3.44. The molecule has 3 heterocycles. The van der Waals surface area contributed by atoms with Gasteiger partial charge in [0.15, 0.2) is 5.82 Å². The van der Waals surface area contributed by atoms with Crippen LogP contribution in [0.3, 0.4) is 0 Å². The predicted molar refractivity (Wildman–Crippen MR) is 120 cm³/mol. The van der Waals surface area contributed by atoms with Gasteiger partial charge in [-0.15, -0.1) is 0 Å². The quantitative estimate of drug-likeness (QED) is 0.467. The highest BCUT2D eigenvalue weighted by atomic mass is 19.1. The standard InChI is InChI=1S/C26H23FN4/c1-18-23(9-12-28)24-10-13-29-26(30-14-11-20-6-2-3-7-21(20)17-30)25(24)31(18)16-19-5-4-8-22(27)15-19/h2-8,10,13,15H,9,11,14,16-17H2,1H3. The van der Waals surface area contributed by atoms with E-state index in [0.29, 0.717) is 13.0 Å². The lowest BCUT2D eigenvalue weighted by atomic mass is 10.00. The van der Waals surface area contributed by atoms with Gasteiger partial charge >= 0.3 is 0 Å². The molecule has 5 rings (SSSR count). The Hall–Kier alpha value is -3.65. The smallest absolute Gasteiger partial charge is 0.153 e. The monoisotopic (exact) mass is 410 g/mol. The molecule has 1 aliphatic rings. The number of aromatic nitrogens is 2. The van der Waals surface area contributed by atoms with E-state index in [4.69, 9.17) is 4.98 Å². The molecule has 0 atom stereocenters. The summed E-state index contributed by atoms with van der Waals surface area (Å²) in [4.78, 5) is 7.11. The maximum Gasteiger partial charge on any atom is 0.153 e. The zero-order chi connectivity index (χ0) is 21.4. The summed E-state index contributed by atoms with van der Waals surface area (Å²) in [5, 5.41) is 10.5. The molecular weight excluding hydrogens is 387 g/mol. The third-order valence-electron chi connectivity index (χ3n) is 6.26. The van der Waals surface area contributed by atoms with Gasteiger partial charge in [-0.1, -0.05) is 36.4 Å². The molecule has 0 saturated carbocycles. The molecule has 0 fully saturated rings. The molecular formula is C26H23FN4. The van der Waals surface area contributed by atoms with E-state index in [1.807, 2.05) is 25.3 Å². The van der Waals surface area contributed by atoms with Crippen LogP contribution in [-0.2, 0) is 25.9 Å². The maximum atomic E-state index is 13.8. The van der Waals surface area contributed by atoms with Gasteiger partial charge in [0.25, 0.3) is 0 Å². The lowest BCUT2D eigenvalue weighted by Crippen LogP contribution is -2.31. The minimum Gasteiger partial charge on any atom is -0.350 e. The summed E-state index contributed by atoms with van der Waals surface area (Å²) in [7, 11) is 0. The van der Waals surface area contributed by atoms with Crippen LogP contribution in [0, 0.1) is 24.1 Å². The highest BCUT2D eigenvalue weighted by Crippen LogP contribution is 2.35. The first-order chi connectivity index (χ1) is 15.2. The van der Waals surface area contributed by atoms with Gasteiger partial charge in [-0.05, 0) is 53.8 Å². The lowest BCUT2D eigenvalue weighted by molar-refractivity contribution is 0.623. The Morgan fingerprint density at radius 3 is 2.74 bits per heavy atom. The first kappa shape index (κ1) is 19.3. The zero-order valence-corrected chi connectivity index (χ0v) is 17.5. The molecule has 1 aliphatic heterocycles. The number of anilines is 1. The molecule has 2 aromatic carbocycles. The third-order valence-corrected chi connectivity index (χ3v) is 6.26. The van der Waals surface area contributed by atoms with Crippen molar-refractivity contribution in [3.8, 4) is 6.07 Å². The van der Waals surface area contributed by atoms with Crippen molar-refractivity contribution in [3.05, 3.63) is 94.6 Å². The number of benzene rings is 2. The fourth-order valence-corrected chi connectivity index (χ4v) is 4.70. The number of nitriles is 1. The molecule has 0 aliphatic carbocycles. The molecule has 0 N–H and O–H groups in total. The van der Waals surface area contributed by atoms with Gasteiger partial charge in [0.05, 0.1) is 18.0 Å². The number of hydrogen-bond donors (Lipinski definition) is 0. The molecule has 31 heavy (non-hydrogen) atoms. The Kier molecular flexibility index (Phi) is 4.91. The summed E-state index contributed by atoms with van der Waals surface area (Å²) in [5.74, 6) is 0.686. The summed E-state index contributed by atoms with van der Waals surface area (Å²) in [6.45, 7) is 4.27. The predicted octanol–water partition coefficient (Wildman–Crippen LogP) is 5.16. The van der Waals surface area contributed by atoms with Crippen molar-refractivity contribution in [1.29, 1.82) is 5.26 Å². The van der Waals surface area contributed by atoms with Crippen molar-refractivity contribution >= 4 is 16.7 Å². The van der Waals surface area contributed by atoms with Gasteiger partial charge in [-0.3, -0.25) is 0 Å². The average molecular weight is 410 g/mol. The van der Waals surface area contributed by atoms with Crippen LogP contribution in [0.4, 0.5) is 10.2 Å². The highest BCUT2D eigenvalue weighted by molar-refractivity contribution is 5.94. The van der Waals surface area contributed by atoms with E-state index in [2.05, 4.69) is 39.8 Å². The number of hydrogen-bond acceptors (Lipinski definition) is 3. The van der Waals surface area contributed by atoms with Crippen LogP contribution >= 0.6 is 0 Å². The summed E-state index contributed by atoms with van der Waals surface area (Å²) in [6.07, 6.45) is 3.15. The van der Waals surface area contributed by atoms with Crippen LogP contribution in [0.15, 0.2) is 60.8 Å². The Labute approximate surface area is 181 Å². The SMILES string of the molecule is Cc1c(CC#N)c2ccnc(N3CCc4ccccc4C3)c2n1Cc1cccc(F)c1. The van der Waals surface area contributed by atoms with Gasteiger partial charge < -0.3 is 9.47 Å². The first-order valence-electron chi connectivity index (χ1n) is 10.6. The topological polar surface area (TPSA) is 44.9 Å². The minimum atomic E-state index is -0.241. The number of pyridine rings is 1. The van der Waals surface area contributed by atoms with Crippen molar-refractivity contribution in [2.75, 3.05) is 11.4 Å². The minimum absolute atomic E-state index is 0.241. The Bertz CT molecular complexity index is 1310. The van der Waals surface area contributed by atoms with E-state index < -0.39 is 0 Å². The molecule has 2 aromatic heterocycles. The number of nitrogens with zero attached hydrogens (tertiary/aromatic N) is 4. The first-order valence-corrected chi connectivity index (χ1v) is 10.6. The molecule has 0 radical (unpaired) electrons. The molecule has 154 valence electrons. The molecule has 4 nitrogen and oxygen atoms in total. The number of fused-ring (bicyclic) bond motifs is 2. The van der Waals surface area contributed by atoms with Crippen molar-refractivity contribution in [2.24, 2.45) is 0 Å². The second-order valence-corrected chi connectivity index (χ2v) is 8.09. The van der Waals surface area contributed by atoms with E-state index in [9.17, 15) is 9.65 Å². The summed E-state index contributed by atoms with van der Waals surface area (Å²) < 4.78 is 16.0. The highest BCUT2D eigenvalue weighted by Gasteiger charge is 2.23. The van der Waals surface area contributed by atoms with E-state index >= 15 is 0 Å². The van der Waals surface area contributed by atoms with Crippen molar-refractivity contribution in [3.63, 3.8) is 0 Å². The van der Waals surface area contributed by atoms with Gasteiger partial charge in [0.2, 0.25) is 0 Å². The molecule has 0 unspecified atom stereocenters. The van der Waals surface area contributed by atoms with Gasteiger partial charge in [0, 0.05) is 36.9 Å². The lowest BCUT2D eigenvalue weighted by Gasteiger charge is -2.30. The van der Waals surface area contributed by atoms with Crippen molar-refractivity contribution < 1.29 is 4.39 Å². The molecule has 5 heteroatoms. The van der Waals surface area contributed by atoms with Crippen LogP contribution in [0.25, 0.3) is 10.9 Å². The van der Waals surface area contributed by atoms with Crippen LogP contribution in [0.2, 0.25) is 0 Å². The Morgan fingerprint density at radius 2 is 1.94 bits per heavy atom. The van der Waals surface area contributed by atoms with Gasteiger partial charge in [-0.25, -0.2) is 9.37 Å². The Morgan fingerprint density at radius 1 is 1.10 bits per heavy atom. The summed E-state index contributed by atoms with van der Waals surface area (Å²) in [6, 6.07) is 19.6. The molecule has 0 amide bonds. The normalized spacial score (nSPS) is 13.3. The average Bonchev–Trinajstić information content (AvgIpc) is 3.05. The van der Waals surface area contributed by atoms with Gasteiger partial charge in [0.1, 0.15) is 5.82 Å². The molecule has 4 aromatic rings. The van der Waals surface area contributed by atoms with E-state index in [-0.39, 0.29) is 5.82 Å². The van der Waals surface area contributed by atoms with Gasteiger partial charge in [-0.2, -0.15) is 5.26 Å². The van der Waals surface area contributed by atoms with E-state index in [0.717, 1.165) is 53.1 Å². The molecule has 0 saturated heterocycles. The number of halogens is 1. The second-order valence-electron chi connectivity index (χ2n) is 8.09. The Balaban J connectivity index is 1.66. The molecule has 0 spiro atoms. The van der Waals surface area contributed by atoms with Crippen LogP contribution < -0.4 is 4.90 Å². The second kappa shape index (κ2) is 7.88. The van der Waals surface area contributed by atoms with Crippen LogP contribution in [-0.4, -0.2) is 16.1 Å². The molecule has 0 bridgehead atoms. The van der Waals surface area contributed by atoms with Crippen LogP contribution in [0.1, 0.15) is 27.9 Å².